The molecule has 0 spiro atoms. The van der Waals surface area contributed by atoms with Gasteiger partial charge in [-0.1, -0.05) is 0 Å². The molecule has 5 heteroatoms. The van der Waals surface area contributed by atoms with Crippen molar-refractivity contribution in [3.63, 3.8) is 0 Å². The molecule has 0 saturated heterocycles. The van der Waals surface area contributed by atoms with Crippen molar-refractivity contribution in [2.24, 2.45) is 0 Å². The molecule has 72 valence electrons. The minimum atomic E-state index is -2.56. The molecule has 13 heavy (non-hydrogen) atoms. The van der Waals surface area contributed by atoms with Gasteiger partial charge in [-0.15, -0.1) is 11.6 Å². The highest BCUT2D eigenvalue weighted by Crippen LogP contribution is 2.29. The zero-order chi connectivity index (χ0) is 10.0. The van der Waals surface area contributed by atoms with E-state index in [2.05, 4.69) is 4.98 Å². The second-order valence-electron chi connectivity index (χ2n) is 2.65. The van der Waals surface area contributed by atoms with Crippen LogP contribution in [0.5, 0.6) is 0 Å². The summed E-state index contributed by atoms with van der Waals surface area (Å²) in [6, 6.07) is 0. The molecular formula is C8H9ClF2N2. The van der Waals surface area contributed by atoms with Gasteiger partial charge in [0.25, 0.3) is 6.43 Å². The molecule has 0 aliphatic heterocycles. The van der Waals surface area contributed by atoms with Gasteiger partial charge in [0.05, 0.1) is 5.88 Å². The fraction of sp³-hybridized carbons (Fsp3) is 0.375. The first-order valence-corrected chi connectivity index (χ1v) is 4.19. The number of aryl methyl sites for hydroxylation is 1. The molecule has 2 N–H and O–H groups in total. The first-order chi connectivity index (χ1) is 6.07. The van der Waals surface area contributed by atoms with Gasteiger partial charge in [-0.3, -0.25) is 0 Å². The number of rotatable bonds is 2. The Morgan fingerprint density at radius 2 is 2.23 bits per heavy atom. The molecule has 0 amide bonds. The van der Waals surface area contributed by atoms with Crippen molar-refractivity contribution in [3.8, 4) is 0 Å². The van der Waals surface area contributed by atoms with Crippen LogP contribution in [0.1, 0.15) is 23.1 Å². The minimum absolute atomic E-state index is 0.0415. The summed E-state index contributed by atoms with van der Waals surface area (Å²) in [7, 11) is 0. The van der Waals surface area contributed by atoms with Crippen LogP contribution in [0.25, 0.3) is 0 Å². The molecule has 0 unspecified atom stereocenters. The van der Waals surface area contributed by atoms with Gasteiger partial charge in [0, 0.05) is 17.3 Å². The molecule has 2 nitrogen and oxygen atoms in total. The van der Waals surface area contributed by atoms with Crippen molar-refractivity contribution >= 4 is 17.4 Å². The number of nitrogens with zero attached hydrogens (tertiary/aromatic N) is 1. The lowest BCUT2D eigenvalue weighted by Gasteiger charge is -2.10. The van der Waals surface area contributed by atoms with Crippen LogP contribution in [0.4, 0.5) is 14.6 Å². The fourth-order valence-corrected chi connectivity index (χ4v) is 1.41. The molecule has 1 aromatic heterocycles. The predicted octanol–water partition coefficient (Wildman–Crippen LogP) is 2.65. The van der Waals surface area contributed by atoms with Crippen LogP contribution in [0, 0.1) is 6.92 Å². The maximum absolute atomic E-state index is 12.5. The quantitative estimate of drug-likeness (QED) is 0.756. The number of halogens is 3. The maximum Gasteiger partial charge on any atom is 0.264 e. The SMILES string of the molecule is Cc1cnc(N)c(CCl)c1C(F)F. The van der Waals surface area contributed by atoms with Crippen molar-refractivity contribution in [2.75, 3.05) is 5.73 Å². The molecule has 0 atom stereocenters. The van der Waals surface area contributed by atoms with Gasteiger partial charge in [0.15, 0.2) is 0 Å². The molecule has 0 radical (unpaired) electrons. The number of alkyl halides is 3. The van der Waals surface area contributed by atoms with E-state index in [0.717, 1.165) is 0 Å². The fourth-order valence-electron chi connectivity index (χ4n) is 1.13. The van der Waals surface area contributed by atoms with E-state index in [9.17, 15) is 8.78 Å². The summed E-state index contributed by atoms with van der Waals surface area (Å²) in [5, 5.41) is 0. The number of hydrogen-bond acceptors (Lipinski definition) is 2. The monoisotopic (exact) mass is 206 g/mol. The van der Waals surface area contributed by atoms with E-state index in [-0.39, 0.29) is 22.8 Å². The van der Waals surface area contributed by atoms with Crippen LogP contribution < -0.4 is 5.73 Å². The van der Waals surface area contributed by atoms with E-state index in [1.165, 1.54) is 6.20 Å². The molecule has 0 aliphatic carbocycles. The number of pyridine rings is 1. The highest BCUT2D eigenvalue weighted by Gasteiger charge is 2.17. The van der Waals surface area contributed by atoms with Crippen molar-refractivity contribution in [3.05, 3.63) is 22.9 Å². The lowest BCUT2D eigenvalue weighted by Crippen LogP contribution is -2.03. The van der Waals surface area contributed by atoms with E-state index in [1.807, 2.05) is 0 Å². The third-order valence-electron chi connectivity index (χ3n) is 1.81. The predicted molar refractivity (Wildman–Crippen MR) is 47.9 cm³/mol. The topological polar surface area (TPSA) is 38.9 Å². The summed E-state index contributed by atoms with van der Waals surface area (Å²) in [6.45, 7) is 1.56. The van der Waals surface area contributed by atoms with Gasteiger partial charge >= 0.3 is 0 Å². The van der Waals surface area contributed by atoms with Gasteiger partial charge in [-0.05, 0) is 12.5 Å². The van der Waals surface area contributed by atoms with Gasteiger partial charge in [-0.2, -0.15) is 0 Å². The molecule has 0 fully saturated rings. The molecular weight excluding hydrogens is 198 g/mol. The standard InChI is InChI=1S/C8H9ClF2N2/c1-4-3-13-8(12)5(2-9)6(4)7(10)11/h3,7H,2H2,1H3,(H2,12,13). The van der Waals surface area contributed by atoms with Crippen molar-refractivity contribution < 1.29 is 8.78 Å². The Bertz CT molecular complexity index is 315. The largest absolute Gasteiger partial charge is 0.383 e. The van der Waals surface area contributed by atoms with E-state index in [1.54, 1.807) is 6.92 Å². The number of aromatic nitrogens is 1. The summed E-state index contributed by atoms with van der Waals surface area (Å²) in [4.78, 5) is 3.75. The second kappa shape index (κ2) is 3.87. The van der Waals surface area contributed by atoms with Gasteiger partial charge in [-0.25, -0.2) is 13.8 Å². The summed E-state index contributed by atoms with van der Waals surface area (Å²) in [6.07, 6.45) is -1.23. The first kappa shape index (κ1) is 10.2. The summed E-state index contributed by atoms with van der Waals surface area (Å²) in [5.41, 5.74) is 5.96. The summed E-state index contributed by atoms with van der Waals surface area (Å²) in [5.74, 6) is 0.0381. The Kier molecular flexibility index (Phi) is 3.03. The Hall–Kier alpha value is -0.900. The molecule has 1 rings (SSSR count). The van der Waals surface area contributed by atoms with E-state index >= 15 is 0 Å². The number of nitrogen functional groups attached to an aromatic ring is 1. The van der Waals surface area contributed by atoms with E-state index in [0.29, 0.717) is 5.56 Å². The Morgan fingerprint density at radius 3 is 2.62 bits per heavy atom. The molecule has 1 aromatic rings. The van der Waals surface area contributed by atoms with Crippen molar-refractivity contribution in [1.82, 2.24) is 4.98 Å². The van der Waals surface area contributed by atoms with Crippen molar-refractivity contribution in [1.29, 1.82) is 0 Å². The highest BCUT2D eigenvalue weighted by molar-refractivity contribution is 6.17. The van der Waals surface area contributed by atoms with E-state index < -0.39 is 6.43 Å². The van der Waals surface area contributed by atoms with Crippen LogP contribution in [0.2, 0.25) is 0 Å². The number of anilines is 1. The van der Waals surface area contributed by atoms with Crippen molar-refractivity contribution in [2.45, 2.75) is 19.2 Å². The zero-order valence-corrected chi connectivity index (χ0v) is 7.78. The average molecular weight is 207 g/mol. The van der Waals surface area contributed by atoms with Gasteiger partial charge < -0.3 is 5.73 Å². The van der Waals surface area contributed by atoms with Crippen LogP contribution >= 0.6 is 11.6 Å². The highest BCUT2D eigenvalue weighted by atomic mass is 35.5. The summed E-state index contributed by atoms with van der Waals surface area (Å²) >= 11 is 5.50. The second-order valence-corrected chi connectivity index (χ2v) is 2.92. The van der Waals surface area contributed by atoms with Crippen LogP contribution in [0.15, 0.2) is 6.20 Å². The third-order valence-corrected chi connectivity index (χ3v) is 2.08. The molecule has 0 aromatic carbocycles. The molecule has 0 saturated carbocycles. The molecule has 0 bridgehead atoms. The lowest BCUT2D eigenvalue weighted by molar-refractivity contribution is 0.149. The zero-order valence-electron chi connectivity index (χ0n) is 7.02. The lowest BCUT2D eigenvalue weighted by atomic mass is 10.1. The minimum Gasteiger partial charge on any atom is -0.383 e. The number of nitrogens with two attached hydrogens (primary N) is 1. The Morgan fingerprint density at radius 1 is 1.62 bits per heavy atom. The normalized spacial score (nSPS) is 10.8. The first-order valence-electron chi connectivity index (χ1n) is 3.66. The molecule has 0 aliphatic rings. The van der Waals surface area contributed by atoms with Crippen LogP contribution in [-0.2, 0) is 5.88 Å². The van der Waals surface area contributed by atoms with Gasteiger partial charge in [0.1, 0.15) is 5.82 Å². The smallest absolute Gasteiger partial charge is 0.264 e. The van der Waals surface area contributed by atoms with E-state index in [4.69, 9.17) is 17.3 Å². The van der Waals surface area contributed by atoms with Crippen LogP contribution in [-0.4, -0.2) is 4.98 Å². The van der Waals surface area contributed by atoms with Crippen LogP contribution in [0.3, 0.4) is 0 Å². The maximum atomic E-state index is 12.5. The summed E-state index contributed by atoms with van der Waals surface area (Å²) < 4.78 is 25.0. The Balaban J connectivity index is 3.35. The Labute approximate surface area is 79.7 Å². The van der Waals surface area contributed by atoms with Gasteiger partial charge in [0.2, 0.25) is 0 Å². The third kappa shape index (κ3) is 1.88. The number of hydrogen-bond donors (Lipinski definition) is 1. The average Bonchev–Trinajstić information content (AvgIpc) is 2.07. The molecule has 1 heterocycles.